The molecule has 2 N–H and O–H groups in total. The quantitative estimate of drug-likeness (QED) is 0.438. The molecule has 4 rings (SSSR count). The third kappa shape index (κ3) is 3.91. The predicted molar refractivity (Wildman–Crippen MR) is 117 cm³/mol. The number of aromatic nitrogens is 3. The fraction of sp³-hybridized carbons (Fsp3) is 0.217. The molecule has 2 aromatic heterocycles. The van der Waals surface area contributed by atoms with Gasteiger partial charge in [0.2, 0.25) is 0 Å². The fourth-order valence-electron chi connectivity index (χ4n) is 3.71. The number of hydrogen-bond acceptors (Lipinski definition) is 3. The molecule has 2 aromatic carbocycles. The lowest BCUT2D eigenvalue weighted by Crippen LogP contribution is -2.05. The maximum atomic E-state index is 11.0. The summed E-state index contributed by atoms with van der Waals surface area (Å²) in [5, 5.41) is 15.3. The molecule has 0 aliphatic rings. The van der Waals surface area contributed by atoms with Crippen LogP contribution in [0.1, 0.15) is 23.7 Å². The molecule has 0 aliphatic carbocycles. The SMILES string of the molecule is CCc1c(-c2ccc(Cl)cc2)nn(C)c1COc1ccc2c(CC(=O)O)c[nH]c2c1. The first-order chi connectivity index (χ1) is 14.5. The van der Waals surface area contributed by atoms with Crippen LogP contribution in [0.25, 0.3) is 22.2 Å². The van der Waals surface area contributed by atoms with E-state index in [1.54, 1.807) is 6.20 Å². The van der Waals surface area contributed by atoms with Crippen LogP contribution in [0.4, 0.5) is 0 Å². The molecule has 6 nitrogen and oxygen atoms in total. The van der Waals surface area contributed by atoms with E-state index in [2.05, 4.69) is 11.9 Å². The van der Waals surface area contributed by atoms with Crippen molar-refractivity contribution in [1.82, 2.24) is 14.8 Å². The molecule has 0 amide bonds. The van der Waals surface area contributed by atoms with Crippen LogP contribution >= 0.6 is 11.6 Å². The van der Waals surface area contributed by atoms with Gasteiger partial charge in [0.15, 0.2) is 0 Å². The lowest BCUT2D eigenvalue weighted by molar-refractivity contribution is -0.136. The highest BCUT2D eigenvalue weighted by molar-refractivity contribution is 6.30. The third-order valence-corrected chi connectivity index (χ3v) is 5.45. The molecule has 4 aromatic rings. The average Bonchev–Trinajstić information content (AvgIpc) is 3.26. The number of rotatable bonds is 7. The van der Waals surface area contributed by atoms with E-state index in [-0.39, 0.29) is 6.42 Å². The molecule has 0 aliphatic heterocycles. The van der Waals surface area contributed by atoms with Gasteiger partial charge < -0.3 is 14.8 Å². The van der Waals surface area contributed by atoms with Gasteiger partial charge in [-0.05, 0) is 36.2 Å². The minimum atomic E-state index is -0.851. The number of H-pyrrole nitrogens is 1. The van der Waals surface area contributed by atoms with Gasteiger partial charge in [0.25, 0.3) is 0 Å². The summed E-state index contributed by atoms with van der Waals surface area (Å²) in [5.74, 6) is -0.140. The van der Waals surface area contributed by atoms with Gasteiger partial charge in [0, 0.05) is 46.4 Å². The molecule has 0 radical (unpaired) electrons. The number of benzene rings is 2. The molecule has 2 heterocycles. The molecule has 0 saturated carbocycles. The molecule has 0 saturated heterocycles. The van der Waals surface area contributed by atoms with Crippen molar-refractivity contribution in [1.29, 1.82) is 0 Å². The third-order valence-electron chi connectivity index (χ3n) is 5.20. The van der Waals surface area contributed by atoms with Crippen molar-refractivity contribution in [2.24, 2.45) is 7.05 Å². The van der Waals surface area contributed by atoms with Crippen LogP contribution < -0.4 is 4.74 Å². The highest BCUT2D eigenvalue weighted by Crippen LogP contribution is 2.29. The summed E-state index contributed by atoms with van der Waals surface area (Å²) in [4.78, 5) is 14.1. The number of aliphatic carboxylic acids is 1. The zero-order valence-corrected chi connectivity index (χ0v) is 17.5. The highest BCUT2D eigenvalue weighted by atomic mass is 35.5. The van der Waals surface area contributed by atoms with Gasteiger partial charge in [0.1, 0.15) is 12.4 Å². The minimum absolute atomic E-state index is 0.0114. The Kier molecular flexibility index (Phi) is 5.50. The maximum Gasteiger partial charge on any atom is 0.307 e. The summed E-state index contributed by atoms with van der Waals surface area (Å²) in [7, 11) is 1.92. The van der Waals surface area contributed by atoms with Crippen molar-refractivity contribution in [3.63, 3.8) is 0 Å². The van der Waals surface area contributed by atoms with Crippen LogP contribution in [0.2, 0.25) is 5.02 Å². The van der Waals surface area contributed by atoms with Gasteiger partial charge in [-0.2, -0.15) is 5.10 Å². The van der Waals surface area contributed by atoms with Crippen LogP contribution in [0.5, 0.6) is 5.75 Å². The number of ether oxygens (including phenoxy) is 1. The minimum Gasteiger partial charge on any atom is -0.487 e. The second-order valence-electron chi connectivity index (χ2n) is 7.14. The van der Waals surface area contributed by atoms with E-state index in [4.69, 9.17) is 26.5 Å². The normalized spacial score (nSPS) is 11.2. The largest absolute Gasteiger partial charge is 0.487 e. The summed E-state index contributed by atoms with van der Waals surface area (Å²) in [6.45, 7) is 2.49. The first kappa shape index (κ1) is 20.0. The molecular weight excluding hydrogens is 402 g/mol. The average molecular weight is 424 g/mol. The van der Waals surface area contributed by atoms with Crippen molar-refractivity contribution in [2.75, 3.05) is 0 Å². The van der Waals surface area contributed by atoms with Gasteiger partial charge >= 0.3 is 5.97 Å². The van der Waals surface area contributed by atoms with Crippen molar-refractivity contribution in [3.05, 3.63) is 70.5 Å². The van der Waals surface area contributed by atoms with Crippen molar-refractivity contribution < 1.29 is 14.6 Å². The van der Waals surface area contributed by atoms with Gasteiger partial charge in [-0.15, -0.1) is 0 Å². The Hall–Kier alpha value is -3.25. The molecule has 30 heavy (non-hydrogen) atoms. The van der Waals surface area contributed by atoms with E-state index in [9.17, 15) is 4.79 Å². The second kappa shape index (κ2) is 8.24. The summed E-state index contributed by atoms with van der Waals surface area (Å²) in [6, 6.07) is 13.3. The van der Waals surface area contributed by atoms with Crippen molar-refractivity contribution >= 4 is 28.5 Å². The van der Waals surface area contributed by atoms with Crippen molar-refractivity contribution in [2.45, 2.75) is 26.4 Å². The number of aryl methyl sites for hydroxylation is 1. The monoisotopic (exact) mass is 423 g/mol. The van der Waals surface area contributed by atoms with Crippen LogP contribution in [-0.2, 0) is 31.3 Å². The topological polar surface area (TPSA) is 80.1 Å². The van der Waals surface area contributed by atoms with E-state index < -0.39 is 5.97 Å². The summed E-state index contributed by atoms with van der Waals surface area (Å²) in [6.07, 6.45) is 2.55. The number of fused-ring (bicyclic) bond motifs is 1. The zero-order valence-electron chi connectivity index (χ0n) is 16.8. The van der Waals surface area contributed by atoms with E-state index in [0.717, 1.165) is 45.4 Å². The smallest absolute Gasteiger partial charge is 0.307 e. The van der Waals surface area contributed by atoms with Crippen molar-refractivity contribution in [3.8, 4) is 17.0 Å². The van der Waals surface area contributed by atoms with Gasteiger partial charge in [-0.25, -0.2) is 0 Å². The maximum absolute atomic E-state index is 11.0. The molecule has 7 heteroatoms. The van der Waals surface area contributed by atoms with Crippen LogP contribution in [-0.4, -0.2) is 25.8 Å². The standard InChI is InChI=1S/C23H22ClN3O3/c1-3-18-21(27(2)26-23(18)14-4-6-16(24)7-5-14)13-30-17-8-9-19-15(10-22(28)29)12-25-20(19)11-17/h4-9,11-12,25H,3,10,13H2,1-2H3,(H,28,29). The Balaban J connectivity index is 1.57. The number of carboxylic acid groups (broad SMARTS) is 1. The predicted octanol–water partition coefficient (Wildman–Crippen LogP) is 4.99. The Morgan fingerprint density at radius 2 is 2.00 bits per heavy atom. The molecule has 0 unspecified atom stereocenters. The van der Waals surface area contributed by atoms with E-state index in [0.29, 0.717) is 17.4 Å². The number of nitrogens with zero attached hydrogens (tertiary/aromatic N) is 2. The van der Waals surface area contributed by atoms with Crippen LogP contribution in [0.3, 0.4) is 0 Å². The van der Waals surface area contributed by atoms with Gasteiger partial charge in [-0.1, -0.05) is 30.7 Å². The highest BCUT2D eigenvalue weighted by Gasteiger charge is 2.17. The lowest BCUT2D eigenvalue weighted by Gasteiger charge is -2.09. The molecule has 154 valence electrons. The zero-order chi connectivity index (χ0) is 21.3. The fourth-order valence-corrected chi connectivity index (χ4v) is 3.84. The summed E-state index contributed by atoms with van der Waals surface area (Å²) in [5.41, 5.74) is 5.73. The number of hydrogen-bond donors (Lipinski definition) is 2. The Bertz CT molecular complexity index is 1210. The molecular formula is C23H22ClN3O3. The Morgan fingerprint density at radius 1 is 1.23 bits per heavy atom. The molecule has 0 bridgehead atoms. The Morgan fingerprint density at radius 3 is 2.70 bits per heavy atom. The molecule has 0 fully saturated rings. The van der Waals surface area contributed by atoms with Crippen LogP contribution in [0, 0.1) is 0 Å². The first-order valence-corrected chi connectivity index (χ1v) is 10.1. The molecule has 0 atom stereocenters. The van der Waals surface area contributed by atoms with E-state index in [1.807, 2.05) is 54.2 Å². The first-order valence-electron chi connectivity index (χ1n) is 9.71. The van der Waals surface area contributed by atoms with Gasteiger partial charge in [-0.3, -0.25) is 9.48 Å². The van der Waals surface area contributed by atoms with E-state index >= 15 is 0 Å². The number of aromatic amines is 1. The van der Waals surface area contributed by atoms with E-state index in [1.165, 1.54) is 0 Å². The summed E-state index contributed by atoms with van der Waals surface area (Å²) < 4.78 is 7.93. The number of carboxylic acids is 1. The van der Waals surface area contributed by atoms with Crippen LogP contribution in [0.15, 0.2) is 48.7 Å². The second-order valence-corrected chi connectivity index (χ2v) is 7.57. The molecule has 0 spiro atoms. The number of halogens is 1. The Labute approximate surface area is 179 Å². The number of carbonyl (C=O) groups is 1. The van der Waals surface area contributed by atoms with Gasteiger partial charge in [0.05, 0.1) is 17.8 Å². The number of nitrogens with one attached hydrogen (secondary N) is 1. The lowest BCUT2D eigenvalue weighted by atomic mass is 10.0. The summed E-state index contributed by atoms with van der Waals surface area (Å²) >= 11 is 6.02.